The molecule has 1 heterocycles. The van der Waals surface area contributed by atoms with E-state index in [2.05, 4.69) is 16.8 Å². The van der Waals surface area contributed by atoms with Crippen molar-refractivity contribution in [3.05, 3.63) is 46.2 Å². The van der Waals surface area contributed by atoms with Crippen molar-refractivity contribution in [2.45, 2.75) is 13.0 Å². The van der Waals surface area contributed by atoms with Crippen molar-refractivity contribution < 1.29 is 14.6 Å². The number of methoxy groups -OCH3 is 1. The number of benzene rings is 1. The second-order valence-corrected chi connectivity index (χ2v) is 4.65. The maximum Gasteiger partial charge on any atom is 0.161 e. The smallest absolute Gasteiger partial charge is 0.161 e. The Morgan fingerprint density at radius 3 is 2.72 bits per heavy atom. The first-order chi connectivity index (χ1) is 8.83. The fourth-order valence-corrected chi connectivity index (χ4v) is 2.35. The predicted octanol–water partition coefficient (Wildman–Crippen LogP) is 2.87. The van der Waals surface area contributed by atoms with E-state index >= 15 is 0 Å². The quantitative estimate of drug-likeness (QED) is 0.872. The Morgan fingerprint density at radius 2 is 2.06 bits per heavy atom. The van der Waals surface area contributed by atoms with E-state index in [9.17, 15) is 0 Å². The van der Waals surface area contributed by atoms with E-state index in [1.807, 2.05) is 18.2 Å². The summed E-state index contributed by atoms with van der Waals surface area (Å²) in [6.07, 6.45) is 0.871. The molecule has 96 valence electrons. The molecule has 0 bridgehead atoms. The van der Waals surface area contributed by atoms with E-state index in [4.69, 9.17) is 14.6 Å². The zero-order valence-corrected chi connectivity index (χ0v) is 11.1. The lowest BCUT2D eigenvalue weighted by Gasteiger charge is -2.11. The lowest BCUT2D eigenvalue weighted by Crippen LogP contribution is -2.02. The van der Waals surface area contributed by atoms with Gasteiger partial charge in [-0.3, -0.25) is 0 Å². The number of ether oxygens (including phenoxy) is 2. The van der Waals surface area contributed by atoms with Gasteiger partial charge in [0.15, 0.2) is 11.5 Å². The van der Waals surface area contributed by atoms with Gasteiger partial charge in [0.05, 0.1) is 20.3 Å². The third-order valence-electron chi connectivity index (χ3n) is 2.64. The molecule has 0 fully saturated rings. The van der Waals surface area contributed by atoms with Gasteiger partial charge in [-0.2, -0.15) is 11.3 Å². The van der Waals surface area contributed by atoms with Gasteiger partial charge in [-0.05, 0) is 40.1 Å². The Labute approximate surface area is 111 Å². The molecule has 2 aromatic rings. The van der Waals surface area contributed by atoms with Crippen LogP contribution in [-0.4, -0.2) is 18.8 Å². The minimum absolute atomic E-state index is 0.00485. The molecule has 0 aliphatic rings. The zero-order chi connectivity index (χ0) is 12.8. The highest BCUT2D eigenvalue weighted by atomic mass is 32.1. The van der Waals surface area contributed by atoms with Crippen LogP contribution in [0.3, 0.4) is 0 Å². The Morgan fingerprint density at radius 1 is 1.17 bits per heavy atom. The van der Waals surface area contributed by atoms with E-state index in [1.165, 1.54) is 5.56 Å². The lowest BCUT2D eigenvalue weighted by atomic mass is 10.2. The molecule has 0 atom stereocenters. The number of aliphatic hydroxyl groups excluding tert-OH is 1. The number of hydrogen-bond donors (Lipinski definition) is 1. The van der Waals surface area contributed by atoms with Crippen LogP contribution in [0.2, 0.25) is 0 Å². The summed E-state index contributed by atoms with van der Waals surface area (Å²) in [4.78, 5) is 0. The van der Waals surface area contributed by atoms with Gasteiger partial charge in [0.1, 0.15) is 0 Å². The van der Waals surface area contributed by atoms with Crippen molar-refractivity contribution in [1.29, 1.82) is 0 Å². The summed E-state index contributed by atoms with van der Waals surface area (Å²) in [6, 6.07) is 7.54. The molecule has 1 aromatic carbocycles. The molecule has 2 rings (SSSR count). The summed E-state index contributed by atoms with van der Waals surface area (Å²) in [5, 5.41) is 13.3. The molecule has 18 heavy (non-hydrogen) atoms. The Hall–Kier alpha value is -1.52. The highest BCUT2D eigenvalue weighted by Gasteiger charge is 2.05. The summed E-state index contributed by atoms with van der Waals surface area (Å²) < 4.78 is 10.9. The van der Waals surface area contributed by atoms with Crippen molar-refractivity contribution in [3.8, 4) is 11.5 Å². The summed E-state index contributed by atoms with van der Waals surface area (Å²) in [5.74, 6) is 1.37. The number of aliphatic hydroxyl groups is 1. The van der Waals surface area contributed by atoms with Crippen LogP contribution < -0.4 is 9.47 Å². The van der Waals surface area contributed by atoms with Gasteiger partial charge in [-0.15, -0.1) is 0 Å². The van der Waals surface area contributed by atoms with E-state index in [-0.39, 0.29) is 6.61 Å². The standard InChI is InChI=1S/C14H16O3S/c1-16-13-3-2-12(9-15)8-14(13)17-6-4-11-5-7-18-10-11/h2-3,5,7-8,10,15H,4,6,9H2,1H3. The highest BCUT2D eigenvalue weighted by Crippen LogP contribution is 2.28. The monoisotopic (exact) mass is 264 g/mol. The minimum Gasteiger partial charge on any atom is -0.493 e. The summed E-state index contributed by atoms with van der Waals surface area (Å²) in [7, 11) is 1.61. The lowest BCUT2D eigenvalue weighted by molar-refractivity contribution is 0.276. The first kappa shape index (κ1) is 12.9. The Bertz CT molecular complexity index is 480. The van der Waals surface area contributed by atoms with Crippen molar-refractivity contribution >= 4 is 11.3 Å². The van der Waals surface area contributed by atoms with Crippen molar-refractivity contribution in [2.75, 3.05) is 13.7 Å². The van der Waals surface area contributed by atoms with Crippen LogP contribution in [0.1, 0.15) is 11.1 Å². The maximum atomic E-state index is 9.11. The molecular formula is C14H16O3S. The van der Waals surface area contributed by atoms with Gasteiger partial charge in [0.2, 0.25) is 0 Å². The largest absolute Gasteiger partial charge is 0.493 e. The molecular weight excluding hydrogens is 248 g/mol. The van der Waals surface area contributed by atoms with Crippen molar-refractivity contribution in [3.63, 3.8) is 0 Å². The molecule has 0 saturated heterocycles. The Balaban J connectivity index is 1.98. The van der Waals surface area contributed by atoms with Crippen LogP contribution >= 0.6 is 11.3 Å². The normalized spacial score (nSPS) is 10.3. The van der Waals surface area contributed by atoms with Gasteiger partial charge < -0.3 is 14.6 Å². The summed E-state index contributed by atoms with van der Waals surface area (Å²) in [6.45, 7) is 0.604. The molecule has 4 heteroatoms. The molecule has 1 N–H and O–H groups in total. The molecule has 0 aliphatic heterocycles. The van der Waals surface area contributed by atoms with Crippen LogP contribution in [0.15, 0.2) is 35.0 Å². The van der Waals surface area contributed by atoms with Crippen LogP contribution in [0, 0.1) is 0 Å². The topological polar surface area (TPSA) is 38.7 Å². The number of rotatable bonds is 6. The van der Waals surface area contributed by atoms with Crippen LogP contribution in [0.4, 0.5) is 0 Å². The van der Waals surface area contributed by atoms with Crippen LogP contribution in [-0.2, 0) is 13.0 Å². The van der Waals surface area contributed by atoms with Gasteiger partial charge in [0, 0.05) is 6.42 Å². The molecule has 0 spiro atoms. The van der Waals surface area contributed by atoms with E-state index in [0.29, 0.717) is 18.1 Å². The van der Waals surface area contributed by atoms with Gasteiger partial charge in [0.25, 0.3) is 0 Å². The average molecular weight is 264 g/mol. The first-order valence-electron chi connectivity index (χ1n) is 5.75. The summed E-state index contributed by atoms with van der Waals surface area (Å²) >= 11 is 1.69. The van der Waals surface area contributed by atoms with Crippen LogP contribution in [0.5, 0.6) is 11.5 Å². The second-order valence-electron chi connectivity index (χ2n) is 3.87. The third kappa shape index (κ3) is 3.24. The van der Waals surface area contributed by atoms with E-state index < -0.39 is 0 Å². The summed E-state index contributed by atoms with van der Waals surface area (Å²) in [5.41, 5.74) is 2.10. The number of thiophene rings is 1. The molecule has 0 unspecified atom stereocenters. The molecule has 0 radical (unpaired) electrons. The van der Waals surface area contributed by atoms with Crippen molar-refractivity contribution in [2.24, 2.45) is 0 Å². The predicted molar refractivity (Wildman–Crippen MR) is 72.4 cm³/mol. The first-order valence-corrected chi connectivity index (χ1v) is 6.69. The Kier molecular flexibility index (Phi) is 4.61. The molecule has 1 aromatic heterocycles. The highest BCUT2D eigenvalue weighted by molar-refractivity contribution is 7.07. The molecule has 0 amide bonds. The average Bonchev–Trinajstić information content (AvgIpc) is 2.92. The van der Waals surface area contributed by atoms with Gasteiger partial charge >= 0.3 is 0 Å². The van der Waals surface area contributed by atoms with Gasteiger partial charge in [-0.1, -0.05) is 6.07 Å². The molecule has 0 saturated carbocycles. The molecule has 0 aliphatic carbocycles. The zero-order valence-electron chi connectivity index (χ0n) is 10.3. The van der Waals surface area contributed by atoms with Crippen molar-refractivity contribution in [1.82, 2.24) is 0 Å². The van der Waals surface area contributed by atoms with E-state index in [1.54, 1.807) is 18.4 Å². The van der Waals surface area contributed by atoms with Gasteiger partial charge in [-0.25, -0.2) is 0 Å². The van der Waals surface area contributed by atoms with Crippen LogP contribution in [0.25, 0.3) is 0 Å². The third-order valence-corrected chi connectivity index (χ3v) is 3.37. The molecule has 3 nitrogen and oxygen atoms in total. The second kappa shape index (κ2) is 6.42. The fraction of sp³-hybridized carbons (Fsp3) is 0.286. The fourth-order valence-electron chi connectivity index (χ4n) is 1.65. The maximum absolute atomic E-state index is 9.11. The number of hydrogen-bond acceptors (Lipinski definition) is 4. The van der Waals surface area contributed by atoms with E-state index in [0.717, 1.165) is 12.0 Å². The minimum atomic E-state index is 0.00485. The SMILES string of the molecule is COc1ccc(CO)cc1OCCc1ccsc1.